The van der Waals surface area contributed by atoms with Crippen LogP contribution in [-0.4, -0.2) is 17.1 Å². The summed E-state index contributed by atoms with van der Waals surface area (Å²) < 4.78 is 0. The van der Waals surface area contributed by atoms with Crippen molar-refractivity contribution in [1.29, 1.82) is 0 Å². The van der Waals surface area contributed by atoms with Gasteiger partial charge >= 0.3 is 0 Å². The number of carbonyl (C=O) groups is 2. The predicted octanol–water partition coefficient (Wildman–Crippen LogP) is 6.41. The van der Waals surface area contributed by atoms with E-state index in [1.54, 1.807) is 24.3 Å². The molecule has 0 fully saturated rings. The molecule has 0 heterocycles. The van der Waals surface area contributed by atoms with Crippen molar-refractivity contribution in [3.05, 3.63) is 88.9 Å². The number of benzene rings is 3. The zero-order valence-corrected chi connectivity index (χ0v) is 18.4. The first-order valence-corrected chi connectivity index (χ1v) is 10.9. The lowest BCUT2D eigenvalue weighted by Gasteiger charge is -2.16. The highest BCUT2D eigenvalue weighted by Crippen LogP contribution is 2.29. The van der Waals surface area contributed by atoms with Gasteiger partial charge in [-0.2, -0.15) is 0 Å². The molecule has 0 aliphatic rings. The Labute approximate surface area is 186 Å². The number of halogens is 1. The van der Waals surface area contributed by atoms with E-state index in [0.29, 0.717) is 22.7 Å². The van der Waals surface area contributed by atoms with Crippen LogP contribution in [-0.2, 0) is 4.79 Å². The van der Waals surface area contributed by atoms with E-state index >= 15 is 0 Å². The van der Waals surface area contributed by atoms with Crippen molar-refractivity contribution in [3.8, 4) is 0 Å². The van der Waals surface area contributed by atoms with Gasteiger partial charge in [0, 0.05) is 26.9 Å². The minimum Gasteiger partial charge on any atom is -0.325 e. The number of nitrogens with one attached hydrogen (secondary N) is 2. The van der Waals surface area contributed by atoms with Gasteiger partial charge in [-0.3, -0.25) is 9.59 Å². The van der Waals surface area contributed by atoms with Gasteiger partial charge in [0.25, 0.3) is 5.91 Å². The Morgan fingerprint density at radius 1 is 0.933 bits per heavy atom. The fraction of sp³-hybridized carbons (Fsp3) is 0.167. The average Bonchev–Trinajstić information content (AvgIpc) is 2.72. The molecule has 0 aromatic heterocycles. The molecule has 0 aliphatic heterocycles. The van der Waals surface area contributed by atoms with Crippen molar-refractivity contribution in [2.24, 2.45) is 0 Å². The Bertz CT molecular complexity index is 1050. The van der Waals surface area contributed by atoms with Crippen LogP contribution in [0.4, 0.5) is 11.4 Å². The SMILES string of the molecule is CCC(Sc1cccc(NC(=O)c2cccc(Cl)c2)c1)C(=O)Nc1cccc(C)c1. The Balaban J connectivity index is 1.67. The quantitative estimate of drug-likeness (QED) is 0.419. The van der Waals surface area contributed by atoms with E-state index in [0.717, 1.165) is 16.1 Å². The lowest BCUT2D eigenvalue weighted by atomic mass is 10.2. The Hall–Kier alpha value is -2.76. The first-order valence-electron chi connectivity index (χ1n) is 9.66. The van der Waals surface area contributed by atoms with E-state index in [9.17, 15) is 9.59 Å². The van der Waals surface area contributed by atoms with Gasteiger partial charge in [-0.25, -0.2) is 0 Å². The van der Waals surface area contributed by atoms with E-state index in [4.69, 9.17) is 11.6 Å². The average molecular weight is 439 g/mol. The molecule has 1 unspecified atom stereocenters. The van der Waals surface area contributed by atoms with Gasteiger partial charge in [0.15, 0.2) is 0 Å². The number of rotatable bonds is 7. The van der Waals surface area contributed by atoms with E-state index in [1.165, 1.54) is 11.8 Å². The minimum atomic E-state index is -0.246. The third kappa shape index (κ3) is 6.12. The number of hydrogen-bond acceptors (Lipinski definition) is 3. The first-order chi connectivity index (χ1) is 14.4. The van der Waals surface area contributed by atoms with Crippen LogP contribution in [0.1, 0.15) is 29.3 Å². The molecule has 0 saturated heterocycles. The monoisotopic (exact) mass is 438 g/mol. The summed E-state index contributed by atoms with van der Waals surface area (Å²) in [5.74, 6) is -0.273. The summed E-state index contributed by atoms with van der Waals surface area (Å²) >= 11 is 7.44. The Kier molecular flexibility index (Phi) is 7.55. The molecule has 0 spiro atoms. The zero-order valence-electron chi connectivity index (χ0n) is 16.8. The van der Waals surface area contributed by atoms with Crippen molar-refractivity contribution >= 4 is 46.6 Å². The number of carbonyl (C=O) groups excluding carboxylic acids is 2. The summed E-state index contributed by atoms with van der Waals surface area (Å²) in [5, 5.41) is 6.13. The van der Waals surface area contributed by atoms with E-state index < -0.39 is 0 Å². The molecule has 1 atom stereocenters. The summed E-state index contributed by atoms with van der Waals surface area (Å²) in [6.45, 7) is 3.98. The number of hydrogen-bond donors (Lipinski definition) is 2. The molecule has 0 radical (unpaired) electrons. The maximum Gasteiger partial charge on any atom is 0.255 e. The molecule has 6 heteroatoms. The Morgan fingerprint density at radius 3 is 2.33 bits per heavy atom. The standard InChI is InChI=1S/C24H23ClN2O2S/c1-3-22(24(29)27-19-10-4-7-16(2)13-19)30-21-12-6-11-20(15-21)26-23(28)17-8-5-9-18(25)14-17/h4-15,22H,3H2,1-2H3,(H,26,28)(H,27,29). The molecule has 0 aliphatic carbocycles. The molecule has 154 valence electrons. The molecule has 3 rings (SSSR count). The van der Waals surface area contributed by atoms with Crippen LogP contribution in [0.2, 0.25) is 5.02 Å². The molecule has 0 saturated carbocycles. The first kappa shape index (κ1) is 21.9. The normalized spacial score (nSPS) is 11.6. The highest BCUT2D eigenvalue weighted by atomic mass is 35.5. The van der Waals surface area contributed by atoms with Crippen molar-refractivity contribution in [2.75, 3.05) is 10.6 Å². The van der Waals surface area contributed by atoms with Crippen LogP contribution in [0.3, 0.4) is 0 Å². The van der Waals surface area contributed by atoms with Crippen molar-refractivity contribution < 1.29 is 9.59 Å². The second-order valence-electron chi connectivity index (χ2n) is 6.87. The molecule has 2 amide bonds. The summed E-state index contributed by atoms with van der Waals surface area (Å²) in [7, 11) is 0. The molecular weight excluding hydrogens is 416 g/mol. The highest BCUT2D eigenvalue weighted by molar-refractivity contribution is 8.00. The third-order valence-electron chi connectivity index (χ3n) is 4.41. The van der Waals surface area contributed by atoms with Gasteiger partial charge in [-0.1, -0.05) is 42.8 Å². The van der Waals surface area contributed by atoms with Crippen molar-refractivity contribution in [1.82, 2.24) is 0 Å². The zero-order chi connectivity index (χ0) is 21.5. The lowest BCUT2D eigenvalue weighted by molar-refractivity contribution is -0.115. The van der Waals surface area contributed by atoms with Crippen molar-refractivity contribution in [3.63, 3.8) is 0 Å². The highest BCUT2D eigenvalue weighted by Gasteiger charge is 2.18. The maximum absolute atomic E-state index is 12.7. The lowest BCUT2D eigenvalue weighted by Crippen LogP contribution is -2.24. The summed E-state index contributed by atoms with van der Waals surface area (Å²) in [6, 6.07) is 22.0. The number of thioether (sulfide) groups is 1. The largest absolute Gasteiger partial charge is 0.325 e. The van der Waals surface area contributed by atoms with E-state index in [1.807, 2.05) is 62.4 Å². The fourth-order valence-corrected chi connectivity index (χ4v) is 4.12. The van der Waals surface area contributed by atoms with Gasteiger partial charge in [-0.15, -0.1) is 11.8 Å². The minimum absolute atomic E-state index is 0.0403. The van der Waals surface area contributed by atoms with E-state index in [-0.39, 0.29) is 17.1 Å². The van der Waals surface area contributed by atoms with Crippen LogP contribution in [0.25, 0.3) is 0 Å². The van der Waals surface area contributed by atoms with Gasteiger partial charge in [0.1, 0.15) is 0 Å². The molecule has 30 heavy (non-hydrogen) atoms. The molecule has 0 bridgehead atoms. The number of aryl methyl sites for hydroxylation is 1. The maximum atomic E-state index is 12.7. The molecular formula is C24H23ClN2O2S. The second kappa shape index (κ2) is 10.3. The van der Waals surface area contributed by atoms with Crippen LogP contribution >= 0.6 is 23.4 Å². The molecule has 3 aromatic carbocycles. The van der Waals surface area contributed by atoms with Gasteiger partial charge in [-0.05, 0) is 67.4 Å². The second-order valence-corrected chi connectivity index (χ2v) is 8.58. The number of anilines is 2. The van der Waals surface area contributed by atoms with Crippen LogP contribution in [0.5, 0.6) is 0 Å². The molecule has 2 N–H and O–H groups in total. The summed E-state index contributed by atoms with van der Waals surface area (Å²) in [6.07, 6.45) is 0.682. The van der Waals surface area contributed by atoms with Gasteiger partial charge < -0.3 is 10.6 Å². The number of amides is 2. The predicted molar refractivity (Wildman–Crippen MR) is 126 cm³/mol. The van der Waals surface area contributed by atoms with Gasteiger partial charge in [0.2, 0.25) is 5.91 Å². The van der Waals surface area contributed by atoms with E-state index in [2.05, 4.69) is 10.6 Å². The molecule has 3 aromatic rings. The fourth-order valence-electron chi connectivity index (χ4n) is 2.91. The summed E-state index contributed by atoms with van der Waals surface area (Å²) in [4.78, 5) is 26.1. The third-order valence-corrected chi connectivity index (χ3v) is 6.00. The van der Waals surface area contributed by atoms with Crippen LogP contribution < -0.4 is 10.6 Å². The summed E-state index contributed by atoms with van der Waals surface area (Å²) in [5.41, 5.74) is 3.04. The molecule has 4 nitrogen and oxygen atoms in total. The smallest absolute Gasteiger partial charge is 0.255 e. The van der Waals surface area contributed by atoms with Crippen LogP contribution in [0.15, 0.2) is 77.7 Å². The van der Waals surface area contributed by atoms with Crippen LogP contribution in [0, 0.1) is 6.92 Å². The topological polar surface area (TPSA) is 58.2 Å². The van der Waals surface area contributed by atoms with Crippen molar-refractivity contribution in [2.45, 2.75) is 30.4 Å². The van der Waals surface area contributed by atoms with Gasteiger partial charge in [0.05, 0.1) is 5.25 Å². The Morgan fingerprint density at radius 2 is 1.63 bits per heavy atom.